The van der Waals surface area contributed by atoms with E-state index in [0.29, 0.717) is 0 Å². The van der Waals surface area contributed by atoms with Gasteiger partial charge in [0.2, 0.25) is 0 Å². The minimum atomic E-state index is -0.0378. The standard InChI is InChI=1S/C14H22N6O/c1-10-8-11(2)20(18-10)5-4-19-6-7-21-13(9-19)14-15-12(3)16-17-14/h8,13H,4-7,9H2,1-3H3,(H,15,16,17)/t13-/m1/s1. The first-order valence-corrected chi connectivity index (χ1v) is 7.36. The van der Waals surface area contributed by atoms with Crippen LogP contribution < -0.4 is 0 Å². The van der Waals surface area contributed by atoms with E-state index >= 15 is 0 Å². The smallest absolute Gasteiger partial charge is 0.180 e. The summed E-state index contributed by atoms with van der Waals surface area (Å²) in [7, 11) is 0. The highest BCUT2D eigenvalue weighted by atomic mass is 16.5. The van der Waals surface area contributed by atoms with E-state index in [9.17, 15) is 0 Å². The van der Waals surface area contributed by atoms with Gasteiger partial charge >= 0.3 is 0 Å². The first-order valence-electron chi connectivity index (χ1n) is 7.36. The number of nitrogens with one attached hydrogen (secondary N) is 1. The molecule has 0 bridgehead atoms. The summed E-state index contributed by atoms with van der Waals surface area (Å²) in [5, 5.41) is 11.6. The Bertz CT molecular complexity index is 604. The number of ether oxygens (including phenoxy) is 1. The minimum absolute atomic E-state index is 0.0378. The molecule has 1 N–H and O–H groups in total. The lowest BCUT2D eigenvalue weighted by atomic mass is 10.2. The Balaban J connectivity index is 1.57. The molecule has 0 aliphatic carbocycles. The van der Waals surface area contributed by atoms with Crippen LogP contribution in [0.3, 0.4) is 0 Å². The van der Waals surface area contributed by atoms with Gasteiger partial charge in [0, 0.05) is 25.3 Å². The van der Waals surface area contributed by atoms with Crippen LogP contribution in [-0.4, -0.2) is 56.1 Å². The van der Waals surface area contributed by atoms with Gasteiger partial charge in [-0.1, -0.05) is 0 Å². The second-order valence-electron chi connectivity index (χ2n) is 5.59. The Morgan fingerprint density at radius 2 is 2.19 bits per heavy atom. The molecule has 1 fully saturated rings. The predicted molar refractivity (Wildman–Crippen MR) is 78.0 cm³/mol. The molecule has 0 unspecified atom stereocenters. The summed E-state index contributed by atoms with van der Waals surface area (Å²) in [6.07, 6.45) is -0.0378. The number of hydrogen-bond donors (Lipinski definition) is 1. The fraction of sp³-hybridized carbons (Fsp3) is 0.643. The number of rotatable bonds is 4. The molecule has 0 aromatic carbocycles. The van der Waals surface area contributed by atoms with Crippen LogP contribution in [0.1, 0.15) is 29.1 Å². The Labute approximate surface area is 124 Å². The molecular formula is C14H22N6O. The van der Waals surface area contributed by atoms with Gasteiger partial charge in [0.25, 0.3) is 0 Å². The molecule has 3 rings (SSSR count). The molecule has 0 saturated carbocycles. The molecule has 1 aliphatic rings. The molecule has 7 nitrogen and oxygen atoms in total. The zero-order chi connectivity index (χ0) is 14.8. The molecule has 0 spiro atoms. The molecule has 0 radical (unpaired) electrons. The average Bonchev–Trinajstić information content (AvgIpc) is 3.03. The maximum absolute atomic E-state index is 5.78. The van der Waals surface area contributed by atoms with Gasteiger partial charge in [-0.3, -0.25) is 14.7 Å². The molecular weight excluding hydrogens is 268 g/mol. The molecule has 0 amide bonds. The lowest BCUT2D eigenvalue weighted by molar-refractivity contribution is -0.0353. The van der Waals surface area contributed by atoms with Crippen molar-refractivity contribution in [1.82, 2.24) is 29.9 Å². The molecule has 21 heavy (non-hydrogen) atoms. The van der Waals surface area contributed by atoms with Crippen LogP contribution in [0.5, 0.6) is 0 Å². The molecule has 3 heterocycles. The SMILES string of the molecule is Cc1cc(C)n(CCN2CCO[C@@H](c3n[nH]c(C)n3)C2)n1. The van der Waals surface area contributed by atoms with Crippen LogP contribution >= 0.6 is 0 Å². The molecule has 114 valence electrons. The number of aromatic amines is 1. The highest BCUT2D eigenvalue weighted by Crippen LogP contribution is 2.18. The van der Waals surface area contributed by atoms with E-state index in [4.69, 9.17) is 4.74 Å². The van der Waals surface area contributed by atoms with Gasteiger partial charge in [-0.15, -0.1) is 0 Å². The predicted octanol–water partition coefficient (Wildman–Crippen LogP) is 1.000. The Morgan fingerprint density at radius 3 is 2.86 bits per heavy atom. The second-order valence-corrected chi connectivity index (χ2v) is 5.59. The van der Waals surface area contributed by atoms with E-state index in [1.807, 2.05) is 13.8 Å². The molecule has 2 aromatic rings. The summed E-state index contributed by atoms with van der Waals surface area (Å²) in [6, 6.07) is 2.11. The van der Waals surface area contributed by atoms with Crippen molar-refractivity contribution in [3.63, 3.8) is 0 Å². The van der Waals surface area contributed by atoms with Gasteiger partial charge < -0.3 is 4.74 Å². The van der Waals surface area contributed by atoms with Crippen molar-refractivity contribution in [2.75, 3.05) is 26.2 Å². The maximum atomic E-state index is 5.78. The average molecular weight is 290 g/mol. The molecule has 1 atom stereocenters. The van der Waals surface area contributed by atoms with Crippen molar-refractivity contribution in [2.45, 2.75) is 33.4 Å². The Morgan fingerprint density at radius 1 is 1.33 bits per heavy atom. The van der Waals surface area contributed by atoms with Crippen molar-refractivity contribution in [3.8, 4) is 0 Å². The monoisotopic (exact) mass is 290 g/mol. The molecule has 7 heteroatoms. The zero-order valence-electron chi connectivity index (χ0n) is 12.8. The number of morpholine rings is 1. The van der Waals surface area contributed by atoms with Crippen molar-refractivity contribution in [3.05, 3.63) is 29.1 Å². The van der Waals surface area contributed by atoms with E-state index < -0.39 is 0 Å². The van der Waals surface area contributed by atoms with E-state index in [1.165, 1.54) is 5.69 Å². The Kier molecular flexibility index (Phi) is 4.03. The van der Waals surface area contributed by atoms with E-state index in [1.54, 1.807) is 0 Å². The number of H-pyrrole nitrogens is 1. The second kappa shape index (κ2) is 5.95. The topological polar surface area (TPSA) is 71.9 Å². The molecule has 1 saturated heterocycles. The third kappa shape index (κ3) is 3.30. The van der Waals surface area contributed by atoms with Crippen LogP contribution in [0, 0.1) is 20.8 Å². The van der Waals surface area contributed by atoms with Crippen molar-refractivity contribution < 1.29 is 4.74 Å². The van der Waals surface area contributed by atoms with Gasteiger partial charge in [-0.25, -0.2) is 4.98 Å². The first-order chi connectivity index (χ1) is 10.1. The van der Waals surface area contributed by atoms with Crippen LogP contribution in [0.2, 0.25) is 0 Å². The number of aromatic nitrogens is 5. The maximum Gasteiger partial charge on any atom is 0.180 e. The van der Waals surface area contributed by atoms with E-state index in [2.05, 4.69) is 42.9 Å². The Hall–Kier alpha value is -1.73. The summed E-state index contributed by atoms with van der Waals surface area (Å²) in [5.74, 6) is 1.58. The number of hydrogen-bond acceptors (Lipinski definition) is 5. The quantitative estimate of drug-likeness (QED) is 0.909. The fourth-order valence-corrected chi connectivity index (χ4v) is 2.70. The number of nitrogens with zero attached hydrogens (tertiary/aromatic N) is 5. The van der Waals surface area contributed by atoms with Crippen molar-refractivity contribution in [2.24, 2.45) is 0 Å². The van der Waals surface area contributed by atoms with Gasteiger partial charge in [-0.2, -0.15) is 10.2 Å². The van der Waals surface area contributed by atoms with Gasteiger partial charge in [0.15, 0.2) is 5.82 Å². The third-order valence-electron chi connectivity index (χ3n) is 3.78. The third-order valence-corrected chi connectivity index (χ3v) is 3.78. The summed E-state index contributed by atoms with van der Waals surface area (Å²) < 4.78 is 7.84. The van der Waals surface area contributed by atoms with E-state index in [-0.39, 0.29) is 6.10 Å². The van der Waals surface area contributed by atoms with Crippen molar-refractivity contribution in [1.29, 1.82) is 0 Å². The van der Waals surface area contributed by atoms with Crippen molar-refractivity contribution >= 4 is 0 Å². The highest BCUT2D eigenvalue weighted by Gasteiger charge is 2.24. The van der Waals surface area contributed by atoms with Crippen LogP contribution in [0.25, 0.3) is 0 Å². The largest absolute Gasteiger partial charge is 0.367 e. The summed E-state index contributed by atoms with van der Waals surface area (Å²) in [4.78, 5) is 6.75. The number of aryl methyl sites for hydroxylation is 3. The van der Waals surface area contributed by atoms with Crippen LogP contribution in [0.4, 0.5) is 0 Å². The fourth-order valence-electron chi connectivity index (χ4n) is 2.70. The minimum Gasteiger partial charge on any atom is -0.367 e. The normalized spacial score (nSPS) is 20.0. The lowest BCUT2D eigenvalue weighted by Crippen LogP contribution is -2.40. The molecule has 2 aromatic heterocycles. The van der Waals surface area contributed by atoms with Crippen LogP contribution in [-0.2, 0) is 11.3 Å². The summed E-state index contributed by atoms with van der Waals surface area (Å²) in [5.41, 5.74) is 2.28. The molecule has 1 aliphatic heterocycles. The first kappa shape index (κ1) is 14.2. The van der Waals surface area contributed by atoms with Gasteiger partial charge in [-0.05, 0) is 26.8 Å². The van der Waals surface area contributed by atoms with Crippen LogP contribution in [0.15, 0.2) is 6.07 Å². The summed E-state index contributed by atoms with van der Waals surface area (Å²) >= 11 is 0. The van der Waals surface area contributed by atoms with Gasteiger partial charge in [0.05, 0.1) is 18.8 Å². The highest BCUT2D eigenvalue weighted by molar-refractivity contribution is 5.06. The van der Waals surface area contributed by atoms with E-state index in [0.717, 1.165) is 50.1 Å². The zero-order valence-corrected chi connectivity index (χ0v) is 12.8. The lowest BCUT2D eigenvalue weighted by Gasteiger charge is -2.31. The summed E-state index contributed by atoms with van der Waals surface area (Å²) in [6.45, 7) is 10.4. The van der Waals surface area contributed by atoms with Gasteiger partial charge in [0.1, 0.15) is 11.9 Å².